The second-order valence-corrected chi connectivity index (χ2v) is 7.53. The van der Waals surface area contributed by atoms with Crippen molar-refractivity contribution in [1.82, 2.24) is 9.78 Å². The summed E-state index contributed by atoms with van der Waals surface area (Å²) in [4.78, 5) is 12.5. The molecule has 1 aromatic heterocycles. The normalized spacial score (nSPS) is 17.6. The Hall–Kier alpha value is -2.94. The van der Waals surface area contributed by atoms with Crippen molar-refractivity contribution in [3.8, 4) is 5.69 Å². The van der Waals surface area contributed by atoms with E-state index in [4.69, 9.17) is 0 Å². The van der Waals surface area contributed by atoms with Crippen LogP contribution >= 0.6 is 0 Å². The average Bonchev–Trinajstić information content (AvgIpc) is 3.04. The van der Waals surface area contributed by atoms with E-state index in [1.165, 1.54) is 10.8 Å². The van der Waals surface area contributed by atoms with Gasteiger partial charge in [0.05, 0.1) is 11.9 Å². The van der Waals surface area contributed by atoms with E-state index in [-0.39, 0.29) is 11.7 Å². The first-order valence-electron chi connectivity index (χ1n) is 9.39. The zero-order valence-corrected chi connectivity index (χ0v) is 16.1. The second kappa shape index (κ2) is 6.66. The molecule has 1 unspecified atom stereocenters. The van der Waals surface area contributed by atoms with Crippen molar-refractivity contribution in [2.24, 2.45) is 5.92 Å². The molecule has 0 radical (unpaired) electrons. The topological polar surface area (TPSA) is 34.9 Å². The molecular formula is C24H24N2O. The van der Waals surface area contributed by atoms with Crippen molar-refractivity contribution in [2.45, 2.75) is 33.6 Å². The molecule has 0 saturated carbocycles. The molecule has 4 rings (SSSR count). The summed E-state index contributed by atoms with van der Waals surface area (Å²) in [7, 11) is 0. The smallest absolute Gasteiger partial charge is 0.159 e. The van der Waals surface area contributed by atoms with Crippen LogP contribution in [-0.4, -0.2) is 15.6 Å². The number of carbonyl (C=O) groups excluding carboxylic acids is 1. The molecule has 1 heterocycles. The minimum absolute atomic E-state index is 0.219. The Morgan fingerprint density at radius 1 is 1.11 bits per heavy atom. The highest BCUT2D eigenvalue weighted by molar-refractivity contribution is 6.04. The standard InChI is InChI=1S/C24H24N2O/c1-15(2)19-12-21(16(3)24(27)13-19)22-14-25-26(17(22)4)23-11-7-9-18-8-5-6-10-20(18)23/h5-11,14,19H,1,12-13H2,2-4H3. The molecule has 0 spiro atoms. The third-order valence-corrected chi connectivity index (χ3v) is 5.78. The van der Waals surface area contributed by atoms with Crippen molar-refractivity contribution in [1.29, 1.82) is 0 Å². The molecule has 136 valence electrons. The van der Waals surface area contributed by atoms with E-state index in [0.29, 0.717) is 6.42 Å². The summed E-state index contributed by atoms with van der Waals surface area (Å²) in [5.41, 5.74) is 6.26. The van der Waals surface area contributed by atoms with Gasteiger partial charge in [-0.3, -0.25) is 4.79 Å². The summed E-state index contributed by atoms with van der Waals surface area (Å²) in [5.74, 6) is 0.443. The largest absolute Gasteiger partial charge is 0.295 e. The van der Waals surface area contributed by atoms with E-state index < -0.39 is 0 Å². The Morgan fingerprint density at radius 3 is 2.63 bits per heavy atom. The molecule has 1 aliphatic rings. The Balaban J connectivity index is 1.84. The lowest BCUT2D eigenvalue weighted by Crippen LogP contribution is -2.18. The number of carbonyl (C=O) groups is 1. The van der Waals surface area contributed by atoms with Gasteiger partial charge in [0, 0.05) is 23.1 Å². The Morgan fingerprint density at radius 2 is 1.85 bits per heavy atom. The van der Waals surface area contributed by atoms with Crippen LogP contribution in [0.2, 0.25) is 0 Å². The third kappa shape index (κ3) is 2.93. The molecule has 1 atom stereocenters. The van der Waals surface area contributed by atoms with Gasteiger partial charge in [-0.2, -0.15) is 5.10 Å². The zero-order chi connectivity index (χ0) is 19.1. The Kier molecular flexibility index (Phi) is 4.31. The highest BCUT2D eigenvalue weighted by Crippen LogP contribution is 2.38. The fourth-order valence-electron chi connectivity index (χ4n) is 4.02. The predicted molar refractivity (Wildman–Crippen MR) is 111 cm³/mol. The van der Waals surface area contributed by atoms with Crippen LogP contribution in [0.15, 0.2) is 66.4 Å². The molecule has 0 bridgehead atoms. The van der Waals surface area contributed by atoms with Gasteiger partial charge in [0.15, 0.2) is 5.78 Å². The molecule has 3 aromatic rings. The molecule has 0 N–H and O–H groups in total. The van der Waals surface area contributed by atoms with Gasteiger partial charge in [0.2, 0.25) is 0 Å². The number of nitrogens with zero attached hydrogens (tertiary/aromatic N) is 2. The minimum atomic E-state index is 0.219. The quantitative estimate of drug-likeness (QED) is 0.567. The second-order valence-electron chi connectivity index (χ2n) is 7.53. The SMILES string of the molecule is C=C(C)C1CC(=O)C(C)=C(c2cnn(-c3cccc4ccccc34)c2C)C1. The first-order chi connectivity index (χ1) is 13.0. The maximum atomic E-state index is 12.5. The molecule has 0 saturated heterocycles. The number of benzene rings is 2. The maximum Gasteiger partial charge on any atom is 0.159 e. The summed E-state index contributed by atoms with van der Waals surface area (Å²) in [5, 5.41) is 7.05. The van der Waals surface area contributed by atoms with Gasteiger partial charge in [-0.25, -0.2) is 4.68 Å². The van der Waals surface area contributed by atoms with Gasteiger partial charge in [0.1, 0.15) is 0 Å². The lowest BCUT2D eigenvalue weighted by molar-refractivity contribution is -0.116. The van der Waals surface area contributed by atoms with E-state index in [1.807, 2.05) is 30.8 Å². The molecule has 2 aromatic carbocycles. The molecule has 1 aliphatic carbocycles. The summed E-state index contributed by atoms with van der Waals surface area (Å²) >= 11 is 0. The molecule has 3 heteroatoms. The summed E-state index contributed by atoms with van der Waals surface area (Å²) < 4.78 is 1.99. The first kappa shape index (κ1) is 17.5. The molecule has 0 aliphatic heterocycles. The number of hydrogen-bond acceptors (Lipinski definition) is 2. The van der Waals surface area contributed by atoms with Crippen LogP contribution in [0.4, 0.5) is 0 Å². The highest BCUT2D eigenvalue weighted by Gasteiger charge is 2.28. The maximum absolute atomic E-state index is 12.5. The van der Waals surface area contributed by atoms with Crippen molar-refractivity contribution >= 4 is 22.1 Å². The van der Waals surface area contributed by atoms with Crippen molar-refractivity contribution in [3.63, 3.8) is 0 Å². The number of allylic oxidation sites excluding steroid dienone is 3. The lowest BCUT2D eigenvalue weighted by Gasteiger charge is -2.25. The number of aromatic nitrogens is 2. The van der Waals surface area contributed by atoms with Crippen molar-refractivity contribution in [3.05, 3.63) is 77.6 Å². The molecular weight excluding hydrogens is 332 g/mol. The Bertz CT molecular complexity index is 1100. The van der Waals surface area contributed by atoms with Crippen LogP contribution in [0.5, 0.6) is 0 Å². The van der Waals surface area contributed by atoms with Crippen LogP contribution in [0, 0.1) is 12.8 Å². The van der Waals surface area contributed by atoms with Gasteiger partial charge < -0.3 is 0 Å². The molecule has 0 amide bonds. The number of hydrogen-bond donors (Lipinski definition) is 0. The zero-order valence-electron chi connectivity index (χ0n) is 16.1. The van der Waals surface area contributed by atoms with Crippen LogP contribution in [0.25, 0.3) is 22.0 Å². The van der Waals surface area contributed by atoms with Gasteiger partial charge in [-0.1, -0.05) is 48.6 Å². The highest BCUT2D eigenvalue weighted by atomic mass is 16.1. The summed E-state index contributed by atoms with van der Waals surface area (Å²) in [6, 6.07) is 14.6. The summed E-state index contributed by atoms with van der Waals surface area (Å²) in [6.45, 7) is 10.1. The Labute approximate surface area is 160 Å². The van der Waals surface area contributed by atoms with E-state index in [2.05, 4.69) is 55.0 Å². The van der Waals surface area contributed by atoms with Crippen molar-refractivity contribution < 1.29 is 4.79 Å². The van der Waals surface area contributed by atoms with Gasteiger partial charge in [-0.05, 0) is 55.7 Å². The third-order valence-electron chi connectivity index (χ3n) is 5.78. The van der Waals surface area contributed by atoms with Crippen molar-refractivity contribution in [2.75, 3.05) is 0 Å². The predicted octanol–water partition coefficient (Wildman–Crippen LogP) is 5.66. The summed E-state index contributed by atoms with van der Waals surface area (Å²) in [6.07, 6.45) is 3.33. The fraction of sp³-hybridized carbons (Fsp3) is 0.250. The van der Waals surface area contributed by atoms with Gasteiger partial charge >= 0.3 is 0 Å². The molecule has 3 nitrogen and oxygen atoms in total. The van der Waals surface area contributed by atoms with Crippen LogP contribution in [0.3, 0.4) is 0 Å². The van der Waals surface area contributed by atoms with Gasteiger partial charge in [-0.15, -0.1) is 0 Å². The van der Waals surface area contributed by atoms with E-state index in [1.54, 1.807) is 0 Å². The number of ketones is 1. The van der Waals surface area contributed by atoms with Crippen LogP contribution in [-0.2, 0) is 4.79 Å². The van der Waals surface area contributed by atoms with Gasteiger partial charge in [0.25, 0.3) is 0 Å². The van der Waals surface area contributed by atoms with E-state index in [9.17, 15) is 4.79 Å². The average molecular weight is 356 g/mol. The lowest BCUT2D eigenvalue weighted by atomic mass is 9.78. The number of rotatable bonds is 3. The first-order valence-corrected chi connectivity index (χ1v) is 9.39. The number of Topliss-reactive ketones (excluding diaryl/α,β-unsaturated/α-hetero) is 1. The van der Waals surface area contributed by atoms with Crippen LogP contribution < -0.4 is 0 Å². The monoisotopic (exact) mass is 356 g/mol. The van der Waals surface area contributed by atoms with Crippen LogP contribution in [0.1, 0.15) is 37.9 Å². The molecule has 27 heavy (non-hydrogen) atoms. The van der Waals surface area contributed by atoms with E-state index >= 15 is 0 Å². The minimum Gasteiger partial charge on any atom is -0.295 e. The molecule has 0 fully saturated rings. The van der Waals surface area contributed by atoms with E-state index in [0.717, 1.165) is 40.1 Å². The fourth-order valence-corrected chi connectivity index (χ4v) is 4.02. The number of fused-ring (bicyclic) bond motifs is 1.